The Hall–Kier alpha value is -2.57. The summed E-state index contributed by atoms with van der Waals surface area (Å²) in [5.74, 6) is 0.638. The molecule has 2 atom stereocenters. The Morgan fingerprint density at radius 1 is 1.00 bits per heavy atom. The number of aliphatic hydroxyl groups excluding tert-OH is 1. The number of benzene rings is 2. The molecule has 0 aliphatic carbocycles. The first-order valence-electron chi connectivity index (χ1n) is 8.23. The molecule has 0 radical (unpaired) electrons. The number of rotatable bonds is 8. The van der Waals surface area contributed by atoms with Crippen LogP contribution in [0.2, 0.25) is 0 Å². The van der Waals surface area contributed by atoms with Crippen LogP contribution in [0.5, 0.6) is 0 Å². The molecule has 2 aromatic carbocycles. The zero-order valence-electron chi connectivity index (χ0n) is 13.8. The van der Waals surface area contributed by atoms with Gasteiger partial charge >= 0.3 is 0 Å². The Bertz CT molecular complexity index is 763. The van der Waals surface area contributed by atoms with Gasteiger partial charge in [-0.15, -0.1) is 0 Å². The second-order valence-electron chi connectivity index (χ2n) is 5.71. The minimum Gasteiger partial charge on any atom is -0.386 e. The van der Waals surface area contributed by atoms with Crippen LogP contribution in [0, 0.1) is 0 Å². The van der Waals surface area contributed by atoms with Crippen molar-refractivity contribution in [2.24, 2.45) is 0 Å². The molecule has 25 heavy (non-hydrogen) atoms. The summed E-state index contributed by atoms with van der Waals surface area (Å²) in [6, 6.07) is 18.9. The van der Waals surface area contributed by atoms with E-state index in [-0.39, 0.29) is 12.6 Å². The maximum atomic E-state index is 12.6. The van der Waals surface area contributed by atoms with Crippen molar-refractivity contribution in [3.05, 3.63) is 83.9 Å². The second kappa shape index (κ2) is 8.50. The third-order valence-electron chi connectivity index (χ3n) is 4.09. The monoisotopic (exact) mass is 340 g/mol. The molecule has 2 N–H and O–H groups in total. The summed E-state index contributed by atoms with van der Waals surface area (Å²) in [6.07, 6.45) is 0.693. The average molecular weight is 340 g/mol. The van der Waals surface area contributed by atoms with E-state index in [1.54, 1.807) is 0 Å². The van der Waals surface area contributed by atoms with E-state index in [1.165, 1.54) is 11.0 Å². The van der Waals surface area contributed by atoms with E-state index < -0.39 is 12.8 Å². The van der Waals surface area contributed by atoms with Gasteiger partial charge in [-0.05, 0) is 11.1 Å². The van der Waals surface area contributed by atoms with Crippen LogP contribution in [0.3, 0.4) is 0 Å². The predicted molar refractivity (Wildman–Crippen MR) is 93.4 cm³/mol. The predicted octanol–water partition coefficient (Wildman–Crippen LogP) is 2.81. The van der Waals surface area contributed by atoms with Gasteiger partial charge in [-0.3, -0.25) is 0 Å². The quantitative estimate of drug-likeness (QED) is 0.662. The van der Waals surface area contributed by atoms with Crippen molar-refractivity contribution >= 4 is 0 Å². The molecule has 0 spiro atoms. The van der Waals surface area contributed by atoms with Gasteiger partial charge in [-0.2, -0.15) is 5.10 Å². The average Bonchev–Trinajstić information content (AvgIpc) is 3.11. The van der Waals surface area contributed by atoms with Gasteiger partial charge in [0.1, 0.15) is 18.8 Å². The number of aromatic nitrogens is 3. The van der Waals surface area contributed by atoms with Gasteiger partial charge in [0.05, 0.1) is 25.2 Å². The molecule has 0 aliphatic rings. The van der Waals surface area contributed by atoms with E-state index in [0.717, 1.165) is 11.1 Å². The van der Waals surface area contributed by atoms with E-state index in [1.807, 2.05) is 60.7 Å². The van der Waals surface area contributed by atoms with Crippen LogP contribution in [-0.2, 0) is 13.1 Å². The van der Waals surface area contributed by atoms with Gasteiger partial charge in [0.2, 0.25) is 0 Å². The fraction of sp³-hybridized carbons (Fsp3) is 0.263. The van der Waals surface area contributed by atoms with Crippen molar-refractivity contribution in [2.75, 3.05) is 6.67 Å². The van der Waals surface area contributed by atoms with E-state index in [0.29, 0.717) is 12.4 Å². The van der Waals surface area contributed by atoms with Gasteiger partial charge in [0, 0.05) is 0 Å². The highest BCUT2D eigenvalue weighted by molar-refractivity contribution is 5.26. The molecule has 5 nitrogen and oxygen atoms in total. The number of nitrogens with one attached hydrogen (secondary N) is 1. The number of hydrogen-bond donors (Lipinski definition) is 2. The van der Waals surface area contributed by atoms with Crippen molar-refractivity contribution in [1.82, 2.24) is 20.1 Å². The van der Waals surface area contributed by atoms with E-state index >= 15 is 0 Å². The molecule has 0 bridgehead atoms. The fourth-order valence-corrected chi connectivity index (χ4v) is 2.81. The van der Waals surface area contributed by atoms with E-state index in [2.05, 4.69) is 15.4 Å². The lowest BCUT2D eigenvalue weighted by Gasteiger charge is -2.25. The number of hydrogen-bond acceptors (Lipinski definition) is 4. The first kappa shape index (κ1) is 17.3. The Morgan fingerprint density at radius 2 is 1.64 bits per heavy atom. The number of nitrogens with zero attached hydrogens (tertiary/aromatic N) is 3. The number of aliphatic hydroxyl groups is 1. The summed E-state index contributed by atoms with van der Waals surface area (Å²) < 4.78 is 14.1. The van der Waals surface area contributed by atoms with Gasteiger partial charge in [0.15, 0.2) is 0 Å². The first-order valence-corrected chi connectivity index (χ1v) is 8.23. The number of aryl methyl sites for hydroxylation is 1. The van der Waals surface area contributed by atoms with Crippen molar-refractivity contribution in [1.29, 1.82) is 0 Å². The van der Waals surface area contributed by atoms with Crippen molar-refractivity contribution in [3.8, 4) is 0 Å². The Balaban J connectivity index is 1.81. The summed E-state index contributed by atoms with van der Waals surface area (Å²) >= 11 is 0. The number of alkyl halides is 1. The molecule has 0 saturated heterocycles. The van der Waals surface area contributed by atoms with Gasteiger partial charge in [-0.1, -0.05) is 60.7 Å². The van der Waals surface area contributed by atoms with E-state index in [4.69, 9.17) is 0 Å². The highest BCUT2D eigenvalue weighted by atomic mass is 19.1. The lowest BCUT2D eigenvalue weighted by molar-refractivity contribution is 0.127. The molecule has 3 aromatic rings. The second-order valence-corrected chi connectivity index (χ2v) is 5.71. The minimum absolute atomic E-state index is 0.175. The van der Waals surface area contributed by atoms with Crippen LogP contribution in [0.25, 0.3) is 0 Å². The molecule has 3 rings (SSSR count). The van der Waals surface area contributed by atoms with Crippen LogP contribution in [0.4, 0.5) is 4.39 Å². The van der Waals surface area contributed by atoms with Crippen LogP contribution in [-0.4, -0.2) is 26.5 Å². The molecule has 0 fully saturated rings. The molecular weight excluding hydrogens is 319 g/mol. The van der Waals surface area contributed by atoms with Crippen LogP contribution >= 0.6 is 0 Å². The maximum absolute atomic E-state index is 12.6. The maximum Gasteiger partial charge on any atom is 0.140 e. The highest BCUT2D eigenvalue weighted by Gasteiger charge is 2.22. The molecule has 0 saturated carbocycles. The molecule has 6 heteroatoms. The van der Waals surface area contributed by atoms with Gasteiger partial charge < -0.3 is 10.4 Å². The van der Waals surface area contributed by atoms with Crippen LogP contribution in [0.15, 0.2) is 67.0 Å². The lowest BCUT2D eigenvalue weighted by Crippen LogP contribution is -2.28. The lowest BCUT2D eigenvalue weighted by atomic mass is 9.96. The van der Waals surface area contributed by atoms with Crippen molar-refractivity contribution in [3.63, 3.8) is 0 Å². The number of halogens is 1. The van der Waals surface area contributed by atoms with Crippen molar-refractivity contribution in [2.45, 2.75) is 25.2 Å². The third kappa shape index (κ3) is 4.29. The molecule has 0 aliphatic heterocycles. The standard InChI is InChI=1S/C19H21FN4O/c20-11-12-24-17(22-14-23-24)13-21-18(15-7-3-1-4-8-15)19(25)16-9-5-2-6-10-16/h1-10,14,18-19,21,25H,11-13H2/t18-,19+/m1/s1. The highest BCUT2D eigenvalue weighted by Crippen LogP contribution is 2.28. The van der Waals surface area contributed by atoms with E-state index in [9.17, 15) is 9.50 Å². The van der Waals surface area contributed by atoms with Crippen LogP contribution in [0.1, 0.15) is 29.1 Å². The normalized spacial score (nSPS) is 13.5. The smallest absolute Gasteiger partial charge is 0.140 e. The molecule has 0 unspecified atom stereocenters. The molecule has 130 valence electrons. The van der Waals surface area contributed by atoms with Gasteiger partial charge in [0.25, 0.3) is 0 Å². The molecule has 1 aromatic heterocycles. The fourth-order valence-electron chi connectivity index (χ4n) is 2.81. The largest absolute Gasteiger partial charge is 0.386 e. The molecule has 0 amide bonds. The Kier molecular flexibility index (Phi) is 5.87. The molecular formula is C19H21FN4O. The zero-order valence-corrected chi connectivity index (χ0v) is 13.8. The minimum atomic E-state index is -0.721. The summed E-state index contributed by atoms with van der Waals surface area (Å²) in [5, 5.41) is 18.2. The third-order valence-corrected chi connectivity index (χ3v) is 4.09. The SMILES string of the molecule is O[C@@H](c1ccccc1)[C@H](NCc1ncnn1CCF)c1ccccc1. The Labute approximate surface area is 146 Å². The van der Waals surface area contributed by atoms with Crippen molar-refractivity contribution < 1.29 is 9.50 Å². The Morgan fingerprint density at radius 3 is 2.28 bits per heavy atom. The zero-order chi connectivity index (χ0) is 17.5. The first-order chi connectivity index (χ1) is 12.3. The summed E-state index contributed by atoms with van der Waals surface area (Å²) in [5.41, 5.74) is 1.80. The molecule has 1 heterocycles. The van der Waals surface area contributed by atoms with Gasteiger partial charge in [-0.25, -0.2) is 14.1 Å². The summed E-state index contributed by atoms with van der Waals surface area (Å²) in [4.78, 5) is 4.17. The summed E-state index contributed by atoms with van der Waals surface area (Å²) in [7, 11) is 0. The van der Waals surface area contributed by atoms with Crippen LogP contribution < -0.4 is 5.32 Å². The summed E-state index contributed by atoms with van der Waals surface area (Å²) in [6.45, 7) is 0.0584. The topological polar surface area (TPSA) is 63.0 Å².